The minimum atomic E-state index is -0.345. The Morgan fingerprint density at radius 3 is 2.84 bits per heavy atom. The molecule has 1 fully saturated rings. The summed E-state index contributed by atoms with van der Waals surface area (Å²) >= 11 is 2.00. The Morgan fingerprint density at radius 1 is 1.48 bits per heavy atom. The molecule has 6 heteroatoms. The second-order valence-corrected chi connectivity index (χ2v) is 7.46. The first-order valence-corrected chi connectivity index (χ1v) is 9.62. The molecule has 2 rings (SSSR count). The molecule has 1 aliphatic rings. The third-order valence-corrected chi connectivity index (χ3v) is 5.28. The Morgan fingerprint density at radius 2 is 2.20 bits per heavy atom. The minimum absolute atomic E-state index is 0.0571. The lowest BCUT2D eigenvalue weighted by atomic mass is 9.86. The van der Waals surface area contributed by atoms with E-state index < -0.39 is 0 Å². The number of halogens is 1. The molecule has 2 atom stereocenters. The van der Waals surface area contributed by atoms with Crippen molar-refractivity contribution in [3.8, 4) is 17.6 Å². The maximum Gasteiger partial charge on any atom is 0.262 e. The van der Waals surface area contributed by atoms with Crippen molar-refractivity contribution in [3.63, 3.8) is 0 Å². The van der Waals surface area contributed by atoms with Crippen LogP contribution in [0, 0.1) is 20.8 Å². The van der Waals surface area contributed by atoms with Crippen molar-refractivity contribution in [1.82, 2.24) is 5.32 Å². The van der Waals surface area contributed by atoms with E-state index in [0.717, 1.165) is 19.3 Å². The van der Waals surface area contributed by atoms with Gasteiger partial charge >= 0.3 is 0 Å². The van der Waals surface area contributed by atoms with Gasteiger partial charge in [0.15, 0.2) is 11.5 Å². The molecule has 2 N–H and O–H groups in total. The summed E-state index contributed by atoms with van der Waals surface area (Å²) < 4.78 is 6.01. The molecule has 0 heterocycles. The highest BCUT2D eigenvalue weighted by molar-refractivity contribution is 14.1. The summed E-state index contributed by atoms with van der Waals surface area (Å²) in [6, 6.07) is 5.45. The van der Waals surface area contributed by atoms with Crippen LogP contribution in [0.4, 0.5) is 0 Å². The Bertz CT molecular complexity index is 709. The van der Waals surface area contributed by atoms with Gasteiger partial charge in [0.05, 0.1) is 10.2 Å². The molecular formula is C19H23IN2O3. The molecule has 134 valence electrons. The van der Waals surface area contributed by atoms with Crippen LogP contribution in [0.5, 0.6) is 11.5 Å². The fourth-order valence-corrected chi connectivity index (χ4v) is 3.66. The van der Waals surface area contributed by atoms with Crippen molar-refractivity contribution in [2.75, 3.05) is 6.61 Å². The summed E-state index contributed by atoms with van der Waals surface area (Å²) in [6.45, 7) is 4.38. The van der Waals surface area contributed by atoms with Gasteiger partial charge in [-0.15, -0.1) is 0 Å². The lowest BCUT2D eigenvalue weighted by Gasteiger charge is -2.29. The number of nitrogens with one attached hydrogen (secondary N) is 1. The van der Waals surface area contributed by atoms with Gasteiger partial charge < -0.3 is 15.2 Å². The number of nitrogens with zero attached hydrogens (tertiary/aromatic N) is 1. The summed E-state index contributed by atoms with van der Waals surface area (Å²) in [6.07, 6.45) is 5.89. The van der Waals surface area contributed by atoms with E-state index in [9.17, 15) is 15.2 Å². The number of hydrogen-bond donors (Lipinski definition) is 2. The topological polar surface area (TPSA) is 82.3 Å². The highest BCUT2D eigenvalue weighted by Gasteiger charge is 2.24. The molecule has 0 spiro atoms. The zero-order valence-corrected chi connectivity index (χ0v) is 16.7. The summed E-state index contributed by atoms with van der Waals surface area (Å²) in [5, 5.41) is 22.4. The molecule has 1 aliphatic carbocycles. The standard InChI is InChI=1S/C19H23IN2O3/c1-3-25-17-10-13(9-15(20)18(17)23)8-14(11-21)19(24)22-16-7-5-4-6-12(16)2/h8-10,12,16,23H,3-7H2,1-2H3,(H,22,24)/b14-8+/t12-,16-/m0/s1. The molecule has 0 aromatic heterocycles. The van der Waals surface area contributed by atoms with Gasteiger partial charge in [-0.25, -0.2) is 0 Å². The van der Waals surface area contributed by atoms with Gasteiger partial charge in [-0.1, -0.05) is 19.8 Å². The molecule has 1 amide bonds. The number of phenolic OH excluding ortho intramolecular Hbond substituents is 1. The lowest BCUT2D eigenvalue weighted by Crippen LogP contribution is -2.41. The van der Waals surface area contributed by atoms with E-state index >= 15 is 0 Å². The Hall–Kier alpha value is -1.75. The fraction of sp³-hybridized carbons (Fsp3) is 0.474. The van der Waals surface area contributed by atoms with Crippen LogP contribution in [0.2, 0.25) is 0 Å². The Labute approximate surface area is 162 Å². The number of nitriles is 1. The molecule has 1 saturated carbocycles. The lowest BCUT2D eigenvalue weighted by molar-refractivity contribution is -0.118. The zero-order chi connectivity index (χ0) is 18.4. The van der Waals surface area contributed by atoms with Crippen molar-refractivity contribution in [1.29, 1.82) is 5.26 Å². The average Bonchev–Trinajstić information content (AvgIpc) is 2.59. The van der Waals surface area contributed by atoms with Gasteiger partial charge in [-0.05, 0) is 72.0 Å². The summed E-state index contributed by atoms with van der Waals surface area (Å²) in [5.74, 6) is 0.497. The average molecular weight is 454 g/mol. The second kappa shape index (κ2) is 9.09. The summed E-state index contributed by atoms with van der Waals surface area (Å²) in [7, 11) is 0. The molecule has 0 radical (unpaired) electrons. The van der Waals surface area contributed by atoms with Crippen molar-refractivity contribution >= 4 is 34.6 Å². The van der Waals surface area contributed by atoms with Crippen LogP contribution in [0.3, 0.4) is 0 Å². The molecule has 5 nitrogen and oxygen atoms in total. The molecule has 0 bridgehead atoms. The number of rotatable bonds is 5. The van der Waals surface area contributed by atoms with E-state index in [1.807, 2.05) is 35.6 Å². The molecule has 1 aromatic carbocycles. The molecule has 0 saturated heterocycles. The van der Waals surface area contributed by atoms with Gasteiger partial charge in [0.1, 0.15) is 11.6 Å². The number of hydrogen-bond acceptors (Lipinski definition) is 4. The van der Waals surface area contributed by atoms with Crippen molar-refractivity contribution in [3.05, 3.63) is 26.8 Å². The van der Waals surface area contributed by atoms with Crippen molar-refractivity contribution in [2.45, 2.75) is 45.6 Å². The summed E-state index contributed by atoms with van der Waals surface area (Å²) in [4.78, 5) is 12.5. The number of carbonyl (C=O) groups is 1. The predicted molar refractivity (Wildman–Crippen MR) is 105 cm³/mol. The monoisotopic (exact) mass is 454 g/mol. The highest BCUT2D eigenvalue weighted by atomic mass is 127. The third-order valence-electron chi connectivity index (χ3n) is 4.45. The number of carbonyl (C=O) groups excluding carboxylic acids is 1. The smallest absolute Gasteiger partial charge is 0.262 e. The molecule has 25 heavy (non-hydrogen) atoms. The first-order valence-electron chi connectivity index (χ1n) is 8.54. The summed E-state index contributed by atoms with van der Waals surface area (Å²) in [5.41, 5.74) is 0.704. The number of aromatic hydroxyl groups is 1. The number of ether oxygens (including phenoxy) is 1. The maximum absolute atomic E-state index is 12.5. The Balaban J connectivity index is 2.21. The van der Waals surface area contributed by atoms with Crippen molar-refractivity contribution < 1.29 is 14.6 Å². The normalized spacial score (nSPS) is 20.6. The van der Waals surface area contributed by atoms with Crippen LogP contribution in [0.25, 0.3) is 6.08 Å². The van der Waals surface area contributed by atoms with Gasteiger partial charge in [0.25, 0.3) is 5.91 Å². The molecule has 0 aliphatic heterocycles. The second-order valence-electron chi connectivity index (χ2n) is 6.29. The molecular weight excluding hydrogens is 431 g/mol. The van der Waals surface area contributed by atoms with Crippen LogP contribution in [-0.2, 0) is 4.79 Å². The van der Waals surface area contributed by atoms with Crippen LogP contribution in [-0.4, -0.2) is 23.7 Å². The van der Waals surface area contributed by atoms with E-state index in [4.69, 9.17) is 4.74 Å². The molecule has 1 aromatic rings. The SMILES string of the molecule is CCOc1cc(/C=C(\C#N)C(=O)N[C@H]2CCCC[C@@H]2C)cc(I)c1O. The van der Waals surface area contributed by atoms with Gasteiger partial charge in [0, 0.05) is 6.04 Å². The maximum atomic E-state index is 12.5. The largest absolute Gasteiger partial charge is 0.504 e. The van der Waals surface area contributed by atoms with Crippen LogP contribution < -0.4 is 10.1 Å². The number of amides is 1. The van der Waals surface area contributed by atoms with Gasteiger partial charge in [0.2, 0.25) is 0 Å². The predicted octanol–water partition coefficient (Wildman–Crippen LogP) is 4.00. The minimum Gasteiger partial charge on any atom is -0.504 e. The van der Waals surface area contributed by atoms with E-state index in [2.05, 4.69) is 12.2 Å². The quantitative estimate of drug-likeness (QED) is 0.401. The van der Waals surface area contributed by atoms with Crippen LogP contribution in [0.15, 0.2) is 17.7 Å². The molecule has 0 unspecified atom stereocenters. The highest BCUT2D eigenvalue weighted by Crippen LogP contribution is 2.33. The third kappa shape index (κ3) is 5.11. The van der Waals surface area contributed by atoms with Gasteiger partial charge in [-0.3, -0.25) is 4.79 Å². The van der Waals surface area contributed by atoms with E-state index in [0.29, 0.717) is 27.4 Å². The van der Waals surface area contributed by atoms with Gasteiger partial charge in [-0.2, -0.15) is 5.26 Å². The van der Waals surface area contributed by atoms with Crippen molar-refractivity contribution in [2.24, 2.45) is 5.92 Å². The fourth-order valence-electron chi connectivity index (χ4n) is 3.03. The first kappa shape index (κ1) is 19.6. The van der Waals surface area contributed by atoms with Crippen LogP contribution in [0.1, 0.15) is 45.1 Å². The number of benzene rings is 1. The van der Waals surface area contributed by atoms with E-state index in [1.54, 1.807) is 12.1 Å². The number of phenols is 1. The Kier molecular flexibility index (Phi) is 7.12. The van der Waals surface area contributed by atoms with Crippen LogP contribution >= 0.6 is 22.6 Å². The van der Waals surface area contributed by atoms with E-state index in [1.165, 1.54) is 12.5 Å². The zero-order valence-electron chi connectivity index (χ0n) is 14.5. The van der Waals surface area contributed by atoms with E-state index in [-0.39, 0.29) is 23.3 Å². The first-order chi connectivity index (χ1) is 12.0.